The minimum absolute atomic E-state index is 0.230. The molecule has 1 aromatic heterocycles. The predicted octanol–water partition coefficient (Wildman–Crippen LogP) is 4.73. The van der Waals surface area contributed by atoms with Crippen molar-refractivity contribution in [2.45, 2.75) is 26.3 Å². The van der Waals surface area contributed by atoms with Crippen LogP contribution in [-0.2, 0) is 6.54 Å². The van der Waals surface area contributed by atoms with E-state index in [0.717, 1.165) is 16.8 Å². The van der Waals surface area contributed by atoms with E-state index in [9.17, 15) is 9.59 Å². The summed E-state index contributed by atoms with van der Waals surface area (Å²) in [4.78, 5) is 31.3. The molecular weight excluding hydrogens is 362 g/mol. The van der Waals surface area contributed by atoms with Gasteiger partial charge in [0.05, 0.1) is 0 Å². The van der Waals surface area contributed by atoms with Crippen LogP contribution in [0.15, 0.2) is 72.9 Å². The van der Waals surface area contributed by atoms with E-state index in [2.05, 4.69) is 24.1 Å². The van der Waals surface area contributed by atoms with Gasteiger partial charge < -0.3 is 10.2 Å². The van der Waals surface area contributed by atoms with Gasteiger partial charge in [-0.1, -0.05) is 62.4 Å². The van der Waals surface area contributed by atoms with Gasteiger partial charge in [0.2, 0.25) is 0 Å². The van der Waals surface area contributed by atoms with E-state index in [4.69, 9.17) is 0 Å². The van der Waals surface area contributed by atoms with Gasteiger partial charge >= 0.3 is 0 Å². The molecule has 0 saturated heterocycles. The highest BCUT2D eigenvalue weighted by atomic mass is 16.2. The zero-order valence-corrected chi connectivity index (χ0v) is 16.9. The maximum Gasteiger partial charge on any atom is 0.272 e. The summed E-state index contributed by atoms with van der Waals surface area (Å²) in [5.41, 5.74) is 3.51. The number of rotatable bonds is 6. The van der Waals surface area contributed by atoms with Crippen molar-refractivity contribution < 1.29 is 9.59 Å². The van der Waals surface area contributed by atoms with Gasteiger partial charge in [-0.05, 0) is 35.2 Å². The molecule has 1 N–H and O–H groups in total. The van der Waals surface area contributed by atoms with Crippen LogP contribution in [0.2, 0.25) is 0 Å². The number of anilines is 1. The van der Waals surface area contributed by atoms with Gasteiger partial charge in [-0.25, -0.2) is 0 Å². The molecule has 0 aliphatic carbocycles. The van der Waals surface area contributed by atoms with Gasteiger partial charge in [-0.3, -0.25) is 14.6 Å². The van der Waals surface area contributed by atoms with Gasteiger partial charge in [-0.2, -0.15) is 0 Å². The monoisotopic (exact) mass is 387 g/mol. The maximum atomic E-state index is 12.8. The van der Waals surface area contributed by atoms with Gasteiger partial charge in [0.15, 0.2) is 0 Å². The van der Waals surface area contributed by atoms with Crippen molar-refractivity contribution in [1.82, 2.24) is 9.88 Å². The molecule has 1 heterocycles. The number of carbonyl (C=O) groups excluding carboxylic acids is 2. The molecule has 2 amide bonds. The summed E-state index contributed by atoms with van der Waals surface area (Å²) in [6.45, 7) is 4.63. The highest BCUT2D eigenvalue weighted by Crippen LogP contribution is 2.24. The van der Waals surface area contributed by atoms with Crippen molar-refractivity contribution in [3.05, 3.63) is 95.3 Å². The third-order valence-electron chi connectivity index (χ3n) is 4.68. The molecule has 2 aromatic carbocycles. The Morgan fingerprint density at radius 1 is 1.00 bits per heavy atom. The Labute approximate surface area is 171 Å². The summed E-state index contributed by atoms with van der Waals surface area (Å²) in [6, 6.07) is 20.6. The molecule has 0 spiro atoms. The third kappa shape index (κ3) is 5.08. The second-order valence-corrected chi connectivity index (χ2v) is 7.27. The lowest BCUT2D eigenvalue weighted by Crippen LogP contribution is -2.27. The number of pyridine rings is 1. The number of nitrogens with zero attached hydrogens (tertiary/aromatic N) is 2. The van der Waals surface area contributed by atoms with E-state index < -0.39 is 0 Å². The predicted molar refractivity (Wildman–Crippen MR) is 115 cm³/mol. The number of nitrogens with one attached hydrogen (secondary N) is 1. The fourth-order valence-corrected chi connectivity index (χ4v) is 3.12. The lowest BCUT2D eigenvalue weighted by Gasteiger charge is -2.17. The molecule has 0 radical (unpaired) electrons. The number of para-hydroxylation sites is 1. The second-order valence-electron chi connectivity index (χ2n) is 7.27. The van der Waals surface area contributed by atoms with Gasteiger partial charge in [0, 0.05) is 31.0 Å². The average molecular weight is 387 g/mol. The highest BCUT2D eigenvalue weighted by molar-refractivity contribution is 6.06. The van der Waals surface area contributed by atoms with E-state index in [0.29, 0.717) is 12.1 Å². The molecular formula is C24H25N3O2. The van der Waals surface area contributed by atoms with Crippen LogP contribution in [0, 0.1) is 0 Å². The molecule has 148 valence electrons. The Bertz CT molecular complexity index is 1000. The maximum absolute atomic E-state index is 12.8. The van der Waals surface area contributed by atoms with Gasteiger partial charge in [0.25, 0.3) is 11.8 Å². The first-order valence-corrected chi connectivity index (χ1v) is 9.61. The highest BCUT2D eigenvalue weighted by Gasteiger charge is 2.17. The lowest BCUT2D eigenvalue weighted by atomic mass is 10.0. The Hall–Kier alpha value is -3.47. The largest absolute Gasteiger partial charge is 0.336 e. The van der Waals surface area contributed by atoms with Crippen LogP contribution in [0.4, 0.5) is 5.69 Å². The Balaban J connectivity index is 1.75. The van der Waals surface area contributed by atoms with Crippen LogP contribution >= 0.6 is 0 Å². The standard InChI is InChI=1S/C24H25N3O2/c1-17(2)20-11-7-8-12-21(20)26-23(28)19-13-14-25-22(15-19)24(29)27(3)16-18-9-5-4-6-10-18/h4-15,17H,16H2,1-3H3,(H,26,28). The number of hydrogen-bond acceptors (Lipinski definition) is 3. The summed E-state index contributed by atoms with van der Waals surface area (Å²) in [5.74, 6) is -0.209. The Kier molecular flexibility index (Phi) is 6.39. The Morgan fingerprint density at radius 2 is 1.69 bits per heavy atom. The SMILES string of the molecule is CC(C)c1ccccc1NC(=O)c1ccnc(C(=O)N(C)Cc2ccccc2)c1. The molecule has 29 heavy (non-hydrogen) atoms. The average Bonchev–Trinajstić information content (AvgIpc) is 2.74. The third-order valence-corrected chi connectivity index (χ3v) is 4.68. The fourth-order valence-electron chi connectivity index (χ4n) is 3.12. The van der Waals surface area contributed by atoms with Crippen LogP contribution in [-0.4, -0.2) is 28.7 Å². The molecule has 0 fully saturated rings. The molecule has 0 unspecified atom stereocenters. The molecule has 3 aromatic rings. The summed E-state index contributed by atoms with van der Waals surface area (Å²) in [5, 5.41) is 2.95. The van der Waals surface area contributed by atoms with Crippen LogP contribution < -0.4 is 5.32 Å². The van der Waals surface area contributed by atoms with Crippen LogP contribution in [0.25, 0.3) is 0 Å². The fraction of sp³-hybridized carbons (Fsp3) is 0.208. The van der Waals surface area contributed by atoms with Crippen molar-refractivity contribution in [3.8, 4) is 0 Å². The topological polar surface area (TPSA) is 62.3 Å². The van der Waals surface area contributed by atoms with Crippen LogP contribution in [0.3, 0.4) is 0 Å². The van der Waals surface area contributed by atoms with Gasteiger partial charge in [0.1, 0.15) is 5.69 Å². The van der Waals surface area contributed by atoms with Crippen LogP contribution in [0.1, 0.15) is 51.7 Å². The molecule has 5 heteroatoms. The van der Waals surface area contributed by atoms with E-state index in [1.165, 1.54) is 12.3 Å². The minimum Gasteiger partial charge on any atom is -0.336 e. The summed E-state index contributed by atoms with van der Waals surface area (Å²) >= 11 is 0. The van der Waals surface area contributed by atoms with Crippen LogP contribution in [0.5, 0.6) is 0 Å². The number of amides is 2. The quantitative estimate of drug-likeness (QED) is 0.665. The van der Waals surface area contributed by atoms with Crippen molar-refractivity contribution in [1.29, 1.82) is 0 Å². The first-order chi connectivity index (χ1) is 14.0. The van der Waals surface area contributed by atoms with E-state index >= 15 is 0 Å². The van der Waals surface area contributed by atoms with Gasteiger partial charge in [-0.15, -0.1) is 0 Å². The van der Waals surface area contributed by atoms with E-state index in [-0.39, 0.29) is 23.4 Å². The number of benzene rings is 2. The zero-order valence-electron chi connectivity index (χ0n) is 16.9. The van der Waals surface area contributed by atoms with Crippen molar-refractivity contribution in [2.75, 3.05) is 12.4 Å². The smallest absolute Gasteiger partial charge is 0.272 e. The molecule has 0 aliphatic heterocycles. The lowest BCUT2D eigenvalue weighted by molar-refractivity contribution is 0.0779. The summed E-state index contributed by atoms with van der Waals surface area (Å²) in [6.07, 6.45) is 1.49. The molecule has 0 bridgehead atoms. The number of aromatic nitrogens is 1. The molecule has 0 aliphatic rings. The Morgan fingerprint density at radius 3 is 2.41 bits per heavy atom. The number of hydrogen-bond donors (Lipinski definition) is 1. The summed E-state index contributed by atoms with van der Waals surface area (Å²) in [7, 11) is 1.72. The molecule has 0 atom stereocenters. The first-order valence-electron chi connectivity index (χ1n) is 9.61. The van der Waals surface area contributed by atoms with E-state index in [1.807, 2.05) is 54.6 Å². The first kappa shape index (κ1) is 20.3. The van der Waals surface area contributed by atoms with Crippen molar-refractivity contribution >= 4 is 17.5 Å². The summed E-state index contributed by atoms with van der Waals surface area (Å²) < 4.78 is 0. The zero-order chi connectivity index (χ0) is 20.8. The number of carbonyl (C=O) groups is 2. The van der Waals surface area contributed by atoms with Crippen molar-refractivity contribution in [2.24, 2.45) is 0 Å². The van der Waals surface area contributed by atoms with Crippen molar-refractivity contribution in [3.63, 3.8) is 0 Å². The normalized spacial score (nSPS) is 10.6. The molecule has 5 nitrogen and oxygen atoms in total. The molecule has 0 saturated carbocycles. The molecule has 3 rings (SSSR count). The van der Waals surface area contributed by atoms with E-state index in [1.54, 1.807) is 18.0 Å². The minimum atomic E-state index is -0.264. The second kappa shape index (κ2) is 9.15.